The van der Waals surface area contributed by atoms with Gasteiger partial charge in [-0.15, -0.1) is 0 Å². The predicted molar refractivity (Wildman–Crippen MR) is 108 cm³/mol. The maximum atomic E-state index is 12.0. The van der Waals surface area contributed by atoms with Gasteiger partial charge in [-0.25, -0.2) is 4.79 Å². The van der Waals surface area contributed by atoms with Crippen molar-refractivity contribution >= 4 is 11.5 Å². The van der Waals surface area contributed by atoms with Crippen LogP contribution >= 0.6 is 0 Å². The molecule has 2 aromatic rings. The number of nitrogens with one attached hydrogen (secondary N) is 1. The Labute approximate surface area is 165 Å². The van der Waals surface area contributed by atoms with E-state index < -0.39 is 0 Å². The van der Waals surface area contributed by atoms with Gasteiger partial charge in [0.05, 0.1) is 19.3 Å². The zero-order chi connectivity index (χ0) is 20.2. The van der Waals surface area contributed by atoms with Gasteiger partial charge in [-0.2, -0.15) is 0 Å². The number of aliphatic hydroxyl groups is 1. The summed E-state index contributed by atoms with van der Waals surface area (Å²) in [6.45, 7) is 3.92. The van der Waals surface area contributed by atoms with Crippen LogP contribution in [0.15, 0.2) is 54.6 Å². The monoisotopic (exact) mass is 385 g/mol. The number of ether oxygens (including phenoxy) is 3. The molecule has 0 spiro atoms. The molecule has 6 nitrogen and oxygen atoms in total. The van der Waals surface area contributed by atoms with E-state index in [1.54, 1.807) is 13.0 Å². The Morgan fingerprint density at radius 3 is 2.54 bits per heavy atom. The van der Waals surface area contributed by atoms with Gasteiger partial charge in [-0.3, -0.25) is 0 Å². The number of carbonyl (C=O) groups is 1. The predicted octanol–water partition coefficient (Wildman–Crippen LogP) is 2.80. The molecular formula is C22H27NO5. The van der Waals surface area contributed by atoms with E-state index in [2.05, 4.69) is 5.32 Å². The third-order valence-electron chi connectivity index (χ3n) is 4.04. The first-order chi connectivity index (χ1) is 13.7. The van der Waals surface area contributed by atoms with Gasteiger partial charge in [-0.05, 0) is 30.2 Å². The van der Waals surface area contributed by atoms with Crippen molar-refractivity contribution in [1.29, 1.82) is 0 Å². The molecule has 28 heavy (non-hydrogen) atoms. The first-order valence-corrected chi connectivity index (χ1v) is 9.19. The van der Waals surface area contributed by atoms with Gasteiger partial charge in [0.25, 0.3) is 0 Å². The molecule has 0 heterocycles. The van der Waals surface area contributed by atoms with Crippen molar-refractivity contribution in [2.45, 2.75) is 13.5 Å². The highest BCUT2D eigenvalue weighted by atomic mass is 16.5. The molecule has 0 aliphatic carbocycles. The summed E-state index contributed by atoms with van der Waals surface area (Å²) >= 11 is 0. The van der Waals surface area contributed by atoms with Crippen LogP contribution in [0, 0.1) is 0 Å². The summed E-state index contributed by atoms with van der Waals surface area (Å²) in [7, 11) is 1.37. The first kappa shape index (κ1) is 21.5. The van der Waals surface area contributed by atoms with E-state index in [-0.39, 0.29) is 12.6 Å². The number of rotatable bonds is 11. The van der Waals surface area contributed by atoms with Crippen LogP contribution in [0.4, 0.5) is 0 Å². The quantitative estimate of drug-likeness (QED) is 0.352. The molecular weight excluding hydrogens is 358 g/mol. The van der Waals surface area contributed by atoms with Gasteiger partial charge >= 0.3 is 5.97 Å². The summed E-state index contributed by atoms with van der Waals surface area (Å²) in [6, 6.07) is 15.0. The third kappa shape index (κ3) is 6.40. The molecule has 0 aliphatic rings. The maximum absolute atomic E-state index is 12.0. The largest absolute Gasteiger partial charge is 0.492 e. The fourth-order valence-corrected chi connectivity index (χ4v) is 2.66. The van der Waals surface area contributed by atoms with Crippen molar-refractivity contribution in [3.05, 3.63) is 65.7 Å². The van der Waals surface area contributed by atoms with Crippen molar-refractivity contribution in [2.24, 2.45) is 0 Å². The number of hydrogen-bond donors (Lipinski definition) is 2. The van der Waals surface area contributed by atoms with E-state index in [4.69, 9.17) is 19.3 Å². The Hall–Kier alpha value is -2.83. The van der Waals surface area contributed by atoms with Gasteiger partial charge in [0.1, 0.15) is 24.7 Å². The van der Waals surface area contributed by atoms with E-state index in [0.29, 0.717) is 43.4 Å². The lowest BCUT2D eigenvalue weighted by Crippen LogP contribution is -2.23. The minimum absolute atomic E-state index is 0.107. The molecule has 0 fully saturated rings. The minimum atomic E-state index is -0.375. The summed E-state index contributed by atoms with van der Waals surface area (Å²) in [6.07, 6.45) is 1.74. The zero-order valence-electron chi connectivity index (χ0n) is 16.3. The molecule has 0 aliphatic heterocycles. The zero-order valence-corrected chi connectivity index (χ0v) is 16.3. The van der Waals surface area contributed by atoms with E-state index >= 15 is 0 Å². The van der Waals surface area contributed by atoms with Crippen LogP contribution in [0.25, 0.3) is 5.57 Å². The fourth-order valence-electron chi connectivity index (χ4n) is 2.66. The number of esters is 1. The van der Waals surface area contributed by atoms with E-state index in [1.807, 2.05) is 48.5 Å². The lowest BCUT2D eigenvalue weighted by Gasteiger charge is -2.13. The second kappa shape index (κ2) is 11.8. The highest BCUT2D eigenvalue weighted by Gasteiger charge is 2.15. The van der Waals surface area contributed by atoms with Gasteiger partial charge in [-0.1, -0.05) is 36.4 Å². The smallest absolute Gasteiger partial charge is 0.338 e. The van der Waals surface area contributed by atoms with Crippen molar-refractivity contribution < 1.29 is 24.1 Å². The summed E-state index contributed by atoms with van der Waals surface area (Å²) in [5, 5.41) is 11.8. The fraction of sp³-hybridized carbons (Fsp3) is 0.318. The average molecular weight is 385 g/mol. The van der Waals surface area contributed by atoms with Crippen molar-refractivity contribution in [3.63, 3.8) is 0 Å². The molecule has 6 heteroatoms. The second-order valence-corrected chi connectivity index (χ2v) is 5.94. The van der Waals surface area contributed by atoms with Crippen LogP contribution < -0.4 is 14.8 Å². The van der Waals surface area contributed by atoms with Crippen molar-refractivity contribution in [1.82, 2.24) is 5.32 Å². The van der Waals surface area contributed by atoms with Crippen LogP contribution in [-0.2, 0) is 16.1 Å². The molecule has 0 bridgehead atoms. The molecule has 2 rings (SSSR count). The van der Waals surface area contributed by atoms with E-state index in [9.17, 15) is 4.79 Å². The molecule has 0 saturated heterocycles. The molecule has 150 valence electrons. The lowest BCUT2D eigenvalue weighted by molar-refractivity contribution is -0.133. The number of allylic oxidation sites excluding steroid dienone is 1. The Morgan fingerprint density at radius 1 is 1.07 bits per heavy atom. The maximum Gasteiger partial charge on any atom is 0.338 e. The van der Waals surface area contributed by atoms with Crippen LogP contribution in [0.2, 0.25) is 0 Å². The van der Waals surface area contributed by atoms with Crippen molar-refractivity contribution in [2.75, 3.05) is 33.4 Å². The number of aliphatic hydroxyl groups excluding tert-OH is 1. The average Bonchev–Trinajstić information content (AvgIpc) is 2.73. The van der Waals surface area contributed by atoms with Gasteiger partial charge < -0.3 is 24.6 Å². The number of benzene rings is 2. The SMILES string of the molecule is CC=C(C(=O)OC)c1ccccc1COc1cccc(OCCNCCO)c1. The summed E-state index contributed by atoms with van der Waals surface area (Å²) in [5.41, 5.74) is 2.19. The van der Waals surface area contributed by atoms with Gasteiger partial charge in [0.2, 0.25) is 0 Å². The standard InChI is InChI=1S/C22H27NO5/c1-3-20(22(25)26-2)21-10-5-4-7-17(21)16-28-19-9-6-8-18(15-19)27-14-12-23-11-13-24/h3-10,15,23-24H,11-14,16H2,1-2H3. The van der Waals surface area contributed by atoms with Gasteiger partial charge in [0, 0.05) is 19.2 Å². The van der Waals surface area contributed by atoms with Crippen LogP contribution in [0.1, 0.15) is 18.1 Å². The second-order valence-electron chi connectivity index (χ2n) is 5.94. The summed E-state index contributed by atoms with van der Waals surface area (Å²) < 4.78 is 16.5. The molecule has 2 aromatic carbocycles. The molecule has 2 N–H and O–H groups in total. The number of methoxy groups -OCH3 is 1. The van der Waals surface area contributed by atoms with Crippen LogP contribution in [0.5, 0.6) is 11.5 Å². The Bertz CT molecular complexity index is 788. The topological polar surface area (TPSA) is 77.0 Å². The molecule has 0 radical (unpaired) electrons. The number of hydrogen-bond acceptors (Lipinski definition) is 6. The molecule has 0 unspecified atom stereocenters. The highest BCUT2D eigenvalue weighted by Crippen LogP contribution is 2.24. The Morgan fingerprint density at radius 2 is 1.82 bits per heavy atom. The summed E-state index contributed by atoms with van der Waals surface area (Å²) in [5.74, 6) is 1.01. The van der Waals surface area contributed by atoms with Crippen molar-refractivity contribution in [3.8, 4) is 11.5 Å². The minimum Gasteiger partial charge on any atom is -0.492 e. The third-order valence-corrected chi connectivity index (χ3v) is 4.04. The Balaban J connectivity index is 2.01. The molecule has 0 saturated carbocycles. The van der Waals surface area contributed by atoms with E-state index in [0.717, 1.165) is 11.1 Å². The van der Waals surface area contributed by atoms with Gasteiger partial charge in [0.15, 0.2) is 0 Å². The van der Waals surface area contributed by atoms with Crippen LogP contribution in [0.3, 0.4) is 0 Å². The van der Waals surface area contributed by atoms with Crippen LogP contribution in [-0.4, -0.2) is 44.5 Å². The molecule has 0 aromatic heterocycles. The highest BCUT2D eigenvalue weighted by molar-refractivity contribution is 6.16. The molecule has 0 amide bonds. The normalized spacial score (nSPS) is 11.2. The Kier molecular flexibility index (Phi) is 9.04. The first-order valence-electron chi connectivity index (χ1n) is 9.19. The molecule has 0 atom stereocenters. The number of carbonyl (C=O) groups excluding carboxylic acids is 1. The van der Waals surface area contributed by atoms with E-state index in [1.165, 1.54) is 7.11 Å². The lowest BCUT2D eigenvalue weighted by atomic mass is 10.00. The summed E-state index contributed by atoms with van der Waals surface area (Å²) in [4.78, 5) is 12.0.